The number of rotatable bonds is 7. The predicted octanol–water partition coefficient (Wildman–Crippen LogP) is 3.24. The Morgan fingerprint density at radius 1 is 0.964 bits per heavy atom. The SMILES string of the molecule is Cc1cccc(NC(=O)COC(=O)C(NC(=O)c2cccc(C)c2)C(C)C)c1. The zero-order valence-electron chi connectivity index (χ0n) is 16.6. The standard InChI is InChI=1S/C22H26N2O4/c1-14(2)20(24-21(26)17-9-5-7-15(3)11-17)22(27)28-13-19(25)23-18-10-6-8-16(4)12-18/h5-12,14,20H,13H2,1-4H3,(H,23,25)(H,24,26). The van der Waals surface area contributed by atoms with Crippen molar-refractivity contribution in [1.82, 2.24) is 5.32 Å². The molecule has 0 aliphatic rings. The van der Waals surface area contributed by atoms with Gasteiger partial charge in [-0.25, -0.2) is 4.79 Å². The van der Waals surface area contributed by atoms with Gasteiger partial charge in [0.15, 0.2) is 6.61 Å². The van der Waals surface area contributed by atoms with Crippen LogP contribution in [0.2, 0.25) is 0 Å². The monoisotopic (exact) mass is 382 g/mol. The van der Waals surface area contributed by atoms with E-state index in [1.807, 2.05) is 38.1 Å². The van der Waals surface area contributed by atoms with Gasteiger partial charge in [-0.05, 0) is 49.6 Å². The first-order valence-corrected chi connectivity index (χ1v) is 9.17. The van der Waals surface area contributed by atoms with Crippen molar-refractivity contribution in [3.63, 3.8) is 0 Å². The number of hydrogen-bond donors (Lipinski definition) is 2. The molecule has 0 saturated heterocycles. The first kappa shape index (κ1) is 21.2. The summed E-state index contributed by atoms with van der Waals surface area (Å²) in [5.41, 5.74) is 3.06. The van der Waals surface area contributed by atoms with Crippen molar-refractivity contribution >= 4 is 23.5 Å². The lowest BCUT2D eigenvalue weighted by molar-refractivity contribution is -0.150. The molecule has 0 heterocycles. The fraction of sp³-hybridized carbons (Fsp3) is 0.318. The van der Waals surface area contributed by atoms with Gasteiger partial charge in [-0.2, -0.15) is 0 Å². The van der Waals surface area contributed by atoms with E-state index in [1.165, 1.54) is 0 Å². The Morgan fingerprint density at radius 3 is 2.21 bits per heavy atom. The number of amides is 2. The molecule has 2 aromatic carbocycles. The second-order valence-corrected chi connectivity index (χ2v) is 7.09. The lowest BCUT2D eigenvalue weighted by atomic mass is 10.0. The summed E-state index contributed by atoms with van der Waals surface area (Å²) in [6.45, 7) is 6.98. The average Bonchev–Trinajstić information content (AvgIpc) is 2.63. The Labute approximate surface area is 165 Å². The lowest BCUT2D eigenvalue weighted by Gasteiger charge is -2.21. The number of hydrogen-bond acceptors (Lipinski definition) is 4. The van der Waals surface area contributed by atoms with Crippen LogP contribution in [-0.2, 0) is 14.3 Å². The lowest BCUT2D eigenvalue weighted by Crippen LogP contribution is -2.46. The molecule has 6 nitrogen and oxygen atoms in total. The third-order valence-electron chi connectivity index (χ3n) is 4.13. The minimum atomic E-state index is -0.847. The average molecular weight is 382 g/mol. The van der Waals surface area contributed by atoms with E-state index >= 15 is 0 Å². The van der Waals surface area contributed by atoms with Crippen LogP contribution in [0.25, 0.3) is 0 Å². The van der Waals surface area contributed by atoms with Gasteiger partial charge in [-0.3, -0.25) is 9.59 Å². The van der Waals surface area contributed by atoms with Gasteiger partial charge in [0.05, 0.1) is 0 Å². The summed E-state index contributed by atoms with van der Waals surface area (Å²) in [4.78, 5) is 36.9. The quantitative estimate of drug-likeness (QED) is 0.720. The Kier molecular flexibility index (Phi) is 7.32. The Balaban J connectivity index is 1.93. The number of carbonyl (C=O) groups excluding carboxylic acids is 3. The van der Waals surface area contributed by atoms with Crippen molar-refractivity contribution in [2.24, 2.45) is 5.92 Å². The Bertz CT molecular complexity index is 861. The second-order valence-electron chi connectivity index (χ2n) is 7.09. The summed E-state index contributed by atoms with van der Waals surface area (Å²) in [6.07, 6.45) is 0. The molecule has 0 radical (unpaired) electrons. The highest BCUT2D eigenvalue weighted by atomic mass is 16.5. The summed E-state index contributed by atoms with van der Waals surface area (Å²) in [7, 11) is 0. The molecule has 0 saturated carbocycles. The first-order chi connectivity index (χ1) is 13.3. The molecule has 2 rings (SSSR count). The van der Waals surface area contributed by atoms with Gasteiger partial charge in [-0.1, -0.05) is 43.7 Å². The van der Waals surface area contributed by atoms with E-state index in [9.17, 15) is 14.4 Å². The highest BCUT2D eigenvalue weighted by Crippen LogP contribution is 2.10. The van der Waals surface area contributed by atoms with Crippen molar-refractivity contribution in [1.29, 1.82) is 0 Å². The van der Waals surface area contributed by atoms with E-state index in [4.69, 9.17) is 4.74 Å². The number of nitrogens with one attached hydrogen (secondary N) is 2. The third-order valence-corrected chi connectivity index (χ3v) is 4.13. The van der Waals surface area contributed by atoms with E-state index in [-0.39, 0.29) is 11.8 Å². The van der Waals surface area contributed by atoms with Gasteiger partial charge < -0.3 is 15.4 Å². The van der Waals surface area contributed by atoms with E-state index in [0.717, 1.165) is 11.1 Å². The molecule has 1 unspecified atom stereocenters. The van der Waals surface area contributed by atoms with E-state index in [1.54, 1.807) is 38.1 Å². The van der Waals surface area contributed by atoms with Crippen molar-refractivity contribution in [3.8, 4) is 0 Å². The summed E-state index contributed by atoms with van der Waals surface area (Å²) >= 11 is 0. The highest BCUT2D eigenvalue weighted by molar-refractivity contribution is 5.97. The topological polar surface area (TPSA) is 84.5 Å². The van der Waals surface area contributed by atoms with Crippen molar-refractivity contribution < 1.29 is 19.1 Å². The maximum absolute atomic E-state index is 12.4. The van der Waals surface area contributed by atoms with Gasteiger partial charge >= 0.3 is 5.97 Å². The smallest absolute Gasteiger partial charge is 0.329 e. The van der Waals surface area contributed by atoms with Gasteiger partial charge in [0.25, 0.3) is 11.8 Å². The van der Waals surface area contributed by atoms with Crippen LogP contribution < -0.4 is 10.6 Å². The Hall–Kier alpha value is -3.15. The molecule has 0 aromatic heterocycles. The zero-order chi connectivity index (χ0) is 20.7. The van der Waals surface area contributed by atoms with Crippen LogP contribution >= 0.6 is 0 Å². The van der Waals surface area contributed by atoms with Crippen molar-refractivity contribution in [2.45, 2.75) is 33.7 Å². The minimum Gasteiger partial charge on any atom is -0.454 e. The van der Waals surface area contributed by atoms with Crippen LogP contribution in [0, 0.1) is 19.8 Å². The van der Waals surface area contributed by atoms with Crippen LogP contribution in [0.3, 0.4) is 0 Å². The number of benzene rings is 2. The second kappa shape index (κ2) is 9.69. The molecule has 0 spiro atoms. The van der Waals surface area contributed by atoms with Crippen LogP contribution in [0.5, 0.6) is 0 Å². The fourth-order valence-corrected chi connectivity index (χ4v) is 2.65. The summed E-state index contributed by atoms with van der Waals surface area (Å²) in [6, 6.07) is 13.6. The number of esters is 1. The number of aryl methyl sites for hydroxylation is 2. The molecule has 2 amide bonds. The van der Waals surface area contributed by atoms with Gasteiger partial charge in [-0.15, -0.1) is 0 Å². The summed E-state index contributed by atoms with van der Waals surface area (Å²) < 4.78 is 5.12. The van der Waals surface area contributed by atoms with Crippen LogP contribution in [-0.4, -0.2) is 30.4 Å². The van der Waals surface area contributed by atoms with Crippen molar-refractivity contribution in [3.05, 3.63) is 65.2 Å². The summed E-state index contributed by atoms with van der Waals surface area (Å²) in [5.74, 6) is -1.63. The first-order valence-electron chi connectivity index (χ1n) is 9.17. The molecule has 2 N–H and O–H groups in total. The molecule has 2 aromatic rings. The summed E-state index contributed by atoms with van der Waals surface area (Å²) in [5, 5.41) is 5.37. The number of carbonyl (C=O) groups is 3. The Morgan fingerprint density at radius 2 is 1.61 bits per heavy atom. The number of anilines is 1. The molecule has 0 aliphatic carbocycles. The zero-order valence-corrected chi connectivity index (χ0v) is 16.6. The molecule has 28 heavy (non-hydrogen) atoms. The van der Waals surface area contributed by atoms with E-state index in [2.05, 4.69) is 10.6 Å². The third kappa shape index (κ3) is 6.23. The maximum Gasteiger partial charge on any atom is 0.329 e. The molecule has 6 heteroatoms. The van der Waals surface area contributed by atoms with E-state index < -0.39 is 24.5 Å². The van der Waals surface area contributed by atoms with Crippen LogP contribution in [0.1, 0.15) is 35.3 Å². The molecule has 0 fully saturated rings. The molecule has 148 valence electrons. The van der Waals surface area contributed by atoms with Crippen molar-refractivity contribution in [2.75, 3.05) is 11.9 Å². The largest absolute Gasteiger partial charge is 0.454 e. The normalized spacial score (nSPS) is 11.6. The van der Waals surface area contributed by atoms with Crippen LogP contribution in [0.15, 0.2) is 48.5 Å². The minimum absolute atomic E-state index is 0.193. The highest BCUT2D eigenvalue weighted by Gasteiger charge is 2.26. The molecule has 0 aliphatic heterocycles. The van der Waals surface area contributed by atoms with Gasteiger partial charge in [0.1, 0.15) is 6.04 Å². The maximum atomic E-state index is 12.4. The number of ether oxygens (including phenoxy) is 1. The van der Waals surface area contributed by atoms with E-state index in [0.29, 0.717) is 11.3 Å². The predicted molar refractivity (Wildman–Crippen MR) is 108 cm³/mol. The molecular weight excluding hydrogens is 356 g/mol. The van der Waals surface area contributed by atoms with Crippen LogP contribution in [0.4, 0.5) is 5.69 Å². The molecule has 0 bridgehead atoms. The van der Waals surface area contributed by atoms with Gasteiger partial charge in [0.2, 0.25) is 0 Å². The molecular formula is C22H26N2O4. The molecule has 1 atom stereocenters. The van der Waals surface area contributed by atoms with Gasteiger partial charge in [0, 0.05) is 11.3 Å². The fourth-order valence-electron chi connectivity index (χ4n) is 2.65.